The van der Waals surface area contributed by atoms with Crippen LogP contribution < -0.4 is 16.4 Å². The number of nitrogen functional groups attached to an aromatic ring is 1. The third-order valence-electron chi connectivity index (χ3n) is 26.8. The number of nitrogens with one attached hydrogen (secondary N) is 1. The van der Waals surface area contributed by atoms with Gasteiger partial charge in [-0.3, -0.25) is 28.9 Å². The molecule has 7 aliphatic rings. The number of anilines is 2. The second-order valence-electron chi connectivity index (χ2n) is 36.1. The zero-order chi connectivity index (χ0) is 92.8. The van der Waals surface area contributed by atoms with Crippen molar-refractivity contribution in [1.29, 1.82) is 0 Å². The second kappa shape index (κ2) is 47.3. The number of ketones is 3. The fourth-order valence-electron chi connectivity index (χ4n) is 18.8. The Morgan fingerprint density at radius 2 is 1.44 bits per heavy atom. The number of benzene rings is 1. The zero-order valence-electron chi connectivity index (χ0n) is 77.0. The normalized spacial score (nSPS) is 27.9. The second-order valence-corrected chi connectivity index (χ2v) is 36.1. The van der Waals surface area contributed by atoms with Crippen LogP contribution in [-0.2, 0) is 109 Å². The molecule has 1 aliphatic carbocycles. The van der Waals surface area contributed by atoms with Gasteiger partial charge in [-0.2, -0.15) is 5.10 Å². The molecule has 0 unspecified atom stereocenters. The lowest BCUT2D eigenvalue weighted by molar-refractivity contribution is -0.265. The van der Waals surface area contributed by atoms with Gasteiger partial charge in [0.2, 0.25) is 17.6 Å². The van der Waals surface area contributed by atoms with Crippen molar-refractivity contribution in [3.63, 3.8) is 0 Å². The molecule has 5 aromatic heterocycles. The number of aromatic amines is 1. The summed E-state index contributed by atoms with van der Waals surface area (Å²) in [6.07, 6.45) is 15.5. The van der Waals surface area contributed by atoms with Gasteiger partial charge in [0.25, 0.3) is 11.7 Å². The van der Waals surface area contributed by atoms with Gasteiger partial charge in [-0.15, -0.1) is 0 Å². The maximum atomic E-state index is 14.8. The van der Waals surface area contributed by atoms with Crippen LogP contribution >= 0.6 is 0 Å². The van der Waals surface area contributed by atoms with Crippen LogP contribution in [0.1, 0.15) is 153 Å². The lowest BCUT2D eigenvalue weighted by Gasteiger charge is -2.42. The zero-order valence-corrected chi connectivity index (χ0v) is 77.0. The van der Waals surface area contributed by atoms with E-state index in [0.717, 1.165) is 88.6 Å². The van der Waals surface area contributed by atoms with Crippen molar-refractivity contribution < 1.29 is 96.2 Å². The molecule has 8 N–H and O–H groups in total. The van der Waals surface area contributed by atoms with Gasteiger partial charge >= 0.3 is 12.1 Å². The molecule has 1 saturated carbocycles. The Morgan fingerprint density at radius 1 is 0.710 bits per heavy atom. The van der Waals surface area contributed by atoms with Gasteiger partial charge < -0.3 is 98.7 Å². The average Bonchev–Trinajstić information content (AvgIpc) is 1.74. The van der Waals surface area contributed by atoms with Crippen LogP contribution in [0.25, 0.3) is 33.3 Å². The number of fused-ring (bicyclic) bond motifs is 7. The van der Waals surface area contributed by atoms with Gasteiger partial charge in [-0.1, -0.05) is 82.4 Å². The summed E-state index contributed by atoms with van der Waals surface area (Å²) >= 11 is 0. The van der Waals surface area contributed by atoms with E-state index in [4.69, 9.17) is 73.9 Å². The van der Waals surface area contributed by atoms with Gasteiger partial charge in [0.15, 0.2) is 11.4 Å². The number of Topliss-reactive ketones (excluding diaryl/α,β-unsaturated/α-hetero) is 3. The van der Waals surface area contributed by atoms with Crippen LogP contribution in [0.15, 0.2) is 103 Å². The van der Waals surface area contributed by atoms with Crippen LogP contribution in [-0.4, -0.2) is 309 Å². The van der Waals surface area contributed by atoms with Gasteiger partial charge in [-0.05, 0) is 136 Å². The van der Waals surface area contributed by atoms with E-state index >= 15 is 0 Å². The number of aliphatic hydroxyl groups is 3. The summed E-state index contributed by atoms with van der Waals surface area (Å²) in [5.41, 5.74) is 22.5. The maximum Gasteiger partial charge on any atom is 0.410 e. The fourth-order valence-corrected chi connectivity index (χ4v) is 18.8. The Balaban J connectivity index is 0.494. The number of cyclic esters (lactones) is 1. The van der Waals surface area contributed by atoms with Gasteiger partial charge in [0.1, 0.15) is 59.7 Å². The van der Waals surface area contributed by atoms with Crippen LogP contribution in [0.5, 0.6) is 0 Å². The minimum atomic E-state index is -2.51. The number of hydrogen-bond acceptors (Lipinski definition) is 30. The number of carbonyl (C=O) groups excluding carboxylic acids is 7. The summed E-state index contributed by atoms with van der Waals surface area (Å²) in [7, 11) is 3.11. The first-order valence-electron chi connectivity index (χ1n) is 46.6. The van der Waals surface area contributed by atoms with Crippen LogP contribution in [0, 0.1) is 29.6 Å². The number of methoxy groups -OCH3 is 2. The molecule has 0 radical (unpaired) electrons. The van der Waals surface area contributed by atoms with Crippen molar-refractivity contribution in [3.8, 4) is 11.3 Å². The summed E-state index contributed by atoms with van der Waals surface area (Å²) in [5, 5.41) is 41.4. The van der Waals surface area contributed by atoms with Crippen molar-refractivity contribution in [2.75, 3.05) is 143 Å². The standard InChI is InChI=1S/C96H133N15O20/c1-60-14-10-9-11-15-61(2)79(122-7)52-73-21-17-65(6)96(121,131-73)88(117)92(118)110-28-13-12-16-76(110)93(119)129-80(53-77(112)62(3)47-64(5)86(115)87(116)85(114)63(4)46-60)74(97)49-66-19-22-78(81(50-66)123-8)130-95(120)109-30-25-75-72(58-109)55-101-94(104-75)107-33-31-106(32-34-107)35-37-125-39-41-127-43-45-128-44-42-126-40-38-124-36-26-82(113)108-29-24-68-48-67(18-20-70(68)57-108)56-111-91-83(89(98)102-59-103-91)84(105-111)71-51-69-23-27-99-90(69)100-54-71/h9-11,14-15,18,20,23,27,47-48,51,54-55,59-60,62-63,65-66,73-74,76,78-81,86-87,115-116,121H,12-13,16-17,19,21-22,24-26,28-46,49-50,52-53,56-58,97H2,1-8H3,(H,99,100)(H2,98,102,103)/b11-9+,14-10+,61-15+,64-47+/t60-,62-,63-,65-,66+,73+,74-,76+,78-,79+,80+,81-,86-,87+,96-/m1/s1. The first-order valence-corrected chi connectivity index (χ1v) is 46.6. The molecule has 712 valence electrons. The molecule has 2 bridgehead atoms. The Hall–Kier alpha value is -9.73. The van der Waals surface area contributed by atoms with Crippen molar-refractivity contribution in [3.05, 3.63) is 131 Å². The first kappa shape index (κ1) is 98.8. The molecule has 3 amide bonds. The highest BCUT2D eigenvalue weighted by Crippen LogP contribution is 2.40. The molecular formula is C96H133N15O20. The Labute approximate surface area is 765 Å². The van der Waals surface area contributed by atoms with Crippen molar-refractivity contribution >= 4 is 75.1 Å². The number of H-pyrrole nitrogens is 1. The molecule has 15 atom stereocenters. The average molecular weight is 1820 g/mol. The number of hydrogen-bond donors (Lipinski definition) is 6. The lowest BCUT2D eigenvalue weighted by Crippen LogP contribution is -2.61. The Kier molecular flexibility index (Phi) is 35.6. The highest BCUT2D eigenvalue weighted by Gasteiger charge is 2.53. The third-order valence-corrected chi connectivity index (χ3v) is 26.8. The van der Waals surface area contributed by atoms with E-state index in [1.165, 1.54) is 24.9 Å². The van der Waals surface area contributed by atoms with Crippen LogP contribution in [0.2, 0.25) is 0 Å². The largest absolute Gasteiger partial charge is 0.459 e. The summed E-state index contributed by atoms with van der Waals surface area (Å²) in [4.78, 5) is 135. The van der Waals surface area contributed by atoms with E-state index in [-0.39, 0.29) is 62.1 Å². The maximum absolute atomic E-state index is 14.8. The topological polar surface area (TPSA) is 439 Å². The summed E-state index contributed by atoms with van der Waals surface area (Å²) in [6, 6.07) is 8.11. The van der Waals surface area contributed by atoms with Crippen molar-refractivity contribution in [2.24, 2.45) is 35.3 Å². The number of aliphatic hydroxyl groups excluding tert-OH is 2. The quantitative estimate of drug-likeness (QED) is 0.0118. The highest BCUT2D eigenvalue weighted by atomic mass is 16.6. The summed E-state index contributed by atoms with van der Waals surface area (Å²) < 4.78 is 61.3. The number of piperazine rings is 1. The number of piperidine rings is 1. The number of nitrogens with two attached hydrogens (primary N) is 2. The molecule has 35 nitrogen and oxygen atoms in total. The number of carbonyl (C=O) groups is 7. The van der Waals surface area contributed by atoms with Crippen LogP contribution in [0.4, 0.5) is 16.6 Å². The third kappa shape index (κ3) is 25.8. The van der Waals surface area contributed by atoms with E-state index in [1.807, 2.05) is 72.1 Å². The lowest BCUT2D eigenvalue weighted by atomic mass is 9.80. The predicted octanol–water partition coefficient (Wildman–Crippen LogP) is 7.70. The molecule has 13 rings (SSSR count). The van der Waals surface area contributed by atoms with Gasteiger partial charge in [-0.25, -0.2) is 39.2 Å². The van der Waals surface area contributed by atoms with E-state index in [2.05, 4.69) is 47.9 Å². The monoisotopic (exact) mass is 1820 g/mol. The van der Waals surface area contributed by atoms with Gasteiger partial charge in [0, 0.05) is 151 Å². The molecule has 11 heterocycles. The molecule has 6 aromatic rings. The molecular weight excluding hydrogens is 1680 g/mol. The minimum absolute atomic E-state index is 0.00147. The Morgan fingerprint density at radius 3 is 2.19 bits per heavy atom. The highest BCUT2D eigenvalue weighted by molar-refractivity contribution is 6.39. The SMILES string of the molecule is CO[C@H]1C[C@@H]2CC[C@@H](C)[C@@](O)(O2)C(=O)C(=O)N2CCCC[C@H]2C(=O)O[C@H]([C@H](N)C[C@@H]2CC[C@@H](OC(=O)N3CCc4nc(N5CCN(CCOCCOCCOCCOCCOCCC(=O)N6CCc7cc(Cn8nc(-c9cnc%10[nH]ccc%10c9)c9c(N)ncnc98)ccc7C6)CC5)ncc4C3)[C@H](OC)C2)CC(=O)[C@H](C)/C=C(\C)[C@@H](O)[C@@H](O)C(=O)[C@H](C)C[C@H](C)/C=C/C=C/C=C/1C. The number of esters is 1. The fraction of sp³-hybridized carbons (Fsp3) is 0.615. The number of nitrogens with zero attached hydrogens (tertiary/aromatic N) is 12. The van der Waals surface area contributed by atoms with Crippen LogP contribution in [0.3, 0.4) is 0 Å². The van der Waals surface area contributed by atoms with E-state index in [1.54, 1.807) is 52.3 Å². The molecule has 131 heavy (non-hydrogen) atoms. The van der Waals surface area contributed by atoms with E-state index < -0.39 is 120 Å². The van der Waals surface area contributed by atoms with Crippen molar-refractivity contribution in [2.45, 2.75) is 218 Å². The number of pyridine rings is 1. The minimum Gasteiger partial charge on any atom is -0.459 e. The smallest absolute Gasteiger partial charge is 0.410 e. The van der Waals surface area contributed by atoms with Crippen molar-refractivity contribution in [1.82, 2.24) is 59.3 Å². The summed E-state index contributed by atoms with van der Waals surface area (Å²) in [5.74, 6) is -8.20. The molecule has 6 aliphatic heterocycles. The first-order chi connectivity index (χ1) is 63.2. The van der Waals surface area contributed by atoms with Gasteiger partial charge in [0.05, 0.1) is 115 Å². The number of aromatic nitrogens is 8. The number of rotatable bonds is 28. The van der Waals surface area contributed by atoms with E-state index in [0.29, 0.717) is 179 Å². The molecule has 1 aromatic carbocycles. The number of ether oxygens (including phenoxy) is 10. The number of allylic oxidation sites excluding steroid dienone is 6. The predicted molar refractivity (Wildman–Crippen MR) is 486 cm³/mol. The van der Waals surface area contributed by atoms with E-state index in [9.17, 15) is 48.9 Å². The molecule has 0 spiro atoms. The summed E-state index contributed by atoms with van der Waals surface area (Å²) in [6.45, 7) is 20.7. The molecule has 4 fully saturated rings. The number of amides is 3. The Bertz CT molecular complexity index is 5010. The molecule has 35 heteroatoms. The molecule has 3 saturated heterocycles.